The Hall–Kier alpha value is -1.23. The first-order valence-corrected chi connectivity index (χ1v) is 6.89. The van der Waals surface area contributed by atoms with Crippen LogP contribution in [0.3, 0.4) is 0 Å². The van der Waals surface area contributed by atoms with E-state index < -0.39 is 22.4 Å². The Morgan fingerprint density at radius 3 is 0.480 bits per heavy atom. The average Bonchev–Trinajstić information content (AvgIpc) is 2.37. The van der Waals surface area contributed by atoms with Crippen LogP contribution in [0.5, 0.6) is 0 Å². The Bertz CT molecular complexity index is 386. The summed E-state index contributed by atoms with van der Waals surface area (Å²) in [7, 11) is 0. The molecule has 0 aliphatic heterocycles. The summed E-state index contributed by atoms with van der Waals surface area (Å²) in [6.45, 7) is 12.0. The molecule has 0 fully saturated rings. The average molecular weight is 528 g/mol. The Morgan fingerprint density at radius 2 is 0.480 bits per heavy atom. The molecule has 0 amide bonds. The Labute approximate surface area is 168 Å². The molecule has 4 nitrogen and oxygen atoms in total. The number of hydrogen-bond donors (Lipinski definition) is 4. The minimum absolute atomic E-state index is 0. The van der Waals surface area contributed by atoms with Crippen LogP contribution >= 0.6 is 0 Å². The van der Waals surface area contributed by atoms with Gasteiger partial charge in [0, 0.05) is 0 Å². The zero-order valence-electron chi connectivity index (χ0n) is 16.1. The molecular weight excluding hydrogens is 499 g/mol. The van der Waals surface area contributed by atoms with Crippen LogP contribution in [0.2, 0.25) is 0 Å². The quantitative estimate of drug-likeness (QED) is 0.284. The van der Waals surface area contributed by atoms with Crippen molar-refractivity contribution in [3.05, 3.63) is 25.7 Å². The van der Waals surface area contributed by atoms with E-state index in [1.807, 2.05) is 23.7 Å². The zero-order chi connectivity index (χ0) is 20.8. The second kappa shape index (κ2) is 15.1. The first-order chi connectivity index (χ1) is 10.2. The SMILES string of the molecule is [C-]#CC(C)(C)O.[C-]#CC(C)(C)O.[C-]#CC(C)(C)O.[C-]#CC(C)(C)O.[Pt+4]. The first kappa shape index (κ1) is 35.0. The topological polar surface area (TPSA) is 80.9 Å². The van der Waals surface area contributed by atoms with Gasteiger partial charge in [-0.25, -0.2) is 0 Å². The van der Waals surface area contributed by atoms with Gasteiger partial charge in [-0.05, 0) is 55.4 Å². The number of aliphatic hydroxyl groups is 4. The molecule has 25 heavy (non-hydrogen) atoms. The maximum absolute atomic E-state index is 8.53. The van der Waals surface area contributed by atoms with Gasteiger partial charge < -0.3 is 69.8 Å². The maximum Gasteiger partial charge on any atom is 4.00 e. The molecule has 0 saturated carbocycles. The minimum atomic E-state index is -1.04. The molecule has 0 unspecified atom stereocenters. The fourth-order valence-electron chi connectivity index (χ4n) is 0. The van der Waals surface area contributed by atoms with E-state index >= 15 is 0 Å². The fourth-order valence-corrected chi connectivity index (χ4v) is 0. The molecule has 0 aliphatic carbocycles. The van der Waals surface area contributed by atoms with E-state index in [-0.39, 0.29) is 21.1 Å². The summed E-state index contributed by atoms with van der Waals surface area (Å²) in [4.78, 5) is 0. The van der Waals surface area contributed by atoms with Crippen LogP contribution in [0.15, 0.2) is 0 Å². The minimum Gasteiger partial charge on any atom is -0.691 e. The van der Waals surface area contributed by atoms with Gasteiger partial charge in [0.15, 0.2) is 0 Å². The van der Waals surface area contributed by atoms with Gasteiger partial charge in [-0.15, -0.1) is 0 Å². The first-order valence-electron chi connectivity index (χ1n) is 6.89. The molecule has 0 aliphatic rings. The Kier molecular flexibility index (Phi) is 21.1. The van der Waals surface area contributed by atoms with Gasteiger partial charge in [0.2, 0.25) is 0 Å². The molecule has 0 rings (SSSR count). The van der Waals surface area contributed by atoms with Crippen molar-refractivity contribution in [3.63, 3.8) is 0 Å². The predicted molar refractivity (Wildman–Crippen MR) is 93.7 cm³/mol. The molecule has 142 valence electrons. The fraction of sp³-hybridized carbons (Fsp3) is 0.600. The van der Waals surface area contributed by atoms with Crippen LogP contribution in [-0.4, -0.2) is 42.8 Å². The van der Waals surface area contributed by atoms with Crippen molar-refractivity contribution in [1.82, 2.24) is 0 Å². The largest absolute Gasteiger partial charge is 4.00 e. The molecule has 0 heterocycles. The van der Waals surface area contributed by atoms with Crippen molar-refractivity contribution in [2.75, 3.05) is 0 Å². The van der Waals surface area contributed by atoms with Gasteiger partial charge in [-0.2, -0.15) is 0 Å². The normalized spacial score (nSPS) is 9.92. The van der Waals surface area contributed by atoms with Crippen molar-refractivity contribution < 1.29 is 41.5 Å². The summed E-state index contributed by atoms with van der Waals surface area (Å²) >= 11 is 0. The van der Waals surface area contributed by atoms with Crippen molar-refractivity contribution >= 4 is 0 Å². The van der Waals surface area contributed by atoms with Gasteiger partial charge in [0.25, 0.3) is 0 Å². The smallest absolute Gasteiger partial charge is 0.691 e. The van der Waals surface area contributed by atoms with Gasteiger partial charge in [-0.1, -0.05) is 0 Å². The van der Waals surface area contributed by atoms with Crippen molar-refractivity contribution in [2.24, 2.45) is 0 Å². The van der Waals surface area contributed by atoms with Gasteiger partial charge in [0.05, 0.1) is 22.4 Å². The number of hydrogen-bond acceptors (Lipinski definition) is 4. The molecule has 0 aromatic carbocycles. The summed E-state index contributed by atoms with van der Waals surface area (Å²) in [6, 6.07) is 0. The Morgan fingerprint density at radius 1 is 0.440 bits per heavy atom. The molecule has 0 atom stereocenters. The van der Waals surface area contributed by atoms with Gasteiger partial charge >= 0.3 is 21.1 Å². The van der Waals surface area contributed by atoms with Crippen LogP contribution in [0.1, 0.15) is 55.4 Å². The summed E-state index contributed by atoms with van der Waals surface area (Å²) in [5.74, 6) is 7.64. The van der Waals surface area contributed by atoms with Crippen LogP contribution < -0.4 is 0 Å². The molecule has 0 aromatic heterocycles. The molecule has 4 N–H and O–H groups in total. The summed E-state index contributed by atoms with van der Waals surface area (Å²) in [5.41, 5.74) is -4.17. The zero-order valence-corrected chi connectivity index (χ0v) is 18.4. The van der Waals surface area contributed by atoms with Gasteiger partial charge in [-0.3, -0.25) is 0 Å². The molecule has 0 saturated heterocycles. The van der Waals surface area contributed by atoms with Crippen LogP contribution in [-0.2, 0) is 21.1 Å². The summed E-state index contributed by atoms with van der Waals surface area (Å²) in [5, 5.41) is 34.1. The van der Waals surface area contributed by atoms with E-state index in [1.54, 1.807) is 0 Å². The monoisotopic (exact) mass is 527 g/mol. The number of rotatable bonds is 0. The molecule has 5 heteroatoms. The van der Waals surface area contributed by atoms with E-state index in [0.29, 0.717) is 0 Å². The van der Waals surface area contributed by atoms with E-state index in [9.17, 15) is 0 Å². The van der Waals surface area contributed by atoms with Crippen molar-refractivity contribution in [2.45, 2.75) is 77.8 Å². The van der Waals surface area contributed by atoms with E-state index in [1.165, 1.54) is 55.4 Å². The third-order valence-electron chi connectivity index (χ3n) is 1.22. The standard InChI is InChI=1S/4C5H7O.Pt/c4*1-4-5(2,3)6;/h4*6H,2-3H3;/q4*-1;+4. The van der Waals surface area contributed by atoms with Crippen molar-refractivity contribution in [1.29, 1.82) is 0 Å². The van der Waals surface area contributed by atoms with E-state index in [4.69, 9.17) is 46.1 Å². The van der Waals surface area contributed by atoms with Crippen molar-refractivity contribution in [3.8, 4) is 23.7 Å². The summed E-state index contributed by atoms with van der Waals surface area (Å²) in [6.07, 6.45) is 25.4. The van der Waals surface area contributed by atoms with E-state index in [2.05, 4.69) is 0 Å². The molecule has 0 aromatic rings. The maximum atomic E-state index is 8.53. The Balaban J connectivity index is -0.0000000702. The summed E-state index contributed by atoms with van der Waals surface area (Å²) < 4.78 is 0. The predicted octanol–water partition coefficient (Wildman–Crippen LogP) is 1.39. The van der Waals surface area contributed by atoms with Crippen LogP contribution in [0.4, 0.5) is 0 Å². The van der Waals surface area contributed by atoms with E-state index in [0.717, 1.165) is 0 Å². The second-order valence-electron chi connectivity index (χ2n) is 6.74. The van der Waals surface area contributed by atoms with Crippen LogP contribution in [0.25, 0.3) is 0 Å². The molecule has 0 radical (unpaired) electrons. The third-order valence-corrected chi connectivity index (χ3v) is 1.22. The molecular formula is C20H28O4Pt. The molecule has 0 bridgehead atoms. The van der Waals surface area contributed by atoms with Gasteiger partial charge in [0.1, 0.15) is 0 Å². The third kappa shape index (κ3) is 84.7. The second-order valence-corrected chi connectivity index (χ2v) is 6.74. The van der Waals surface area contributed by atoms with Crippen LogP contribution in [0, 0.1) is 49.4 Å². The molecule has 0 spiro atoms.